The molecule has 0 saturated heterocycles. The van der Waals surface area contributed by atoms with Gasteiger partial charge in [-0.25, -0.2) is 14.6 Å². The average Bonchev–Trinajstić information content (AvgIpc) is 3.26. The average molecular weight is 485 g/mol. The number of hydrogen-bond acceptors (Lipinski definition) is 6. The molecule has 0 radical (unpaired) electrons. The number of benzene rings is 2. The summed E-state index contributed by atoms with van der Waals surface area (Å²) in [6.07, 6.45) is 4.45. The lowest BCUT2D eigenvalue weighted by atomic mass is 9.91. The summed E-state index contributed by atoms with van der Waals surface area (Å²) in [6.45, 7) is 4.07. The number of amides is 1. The fourth-order valence-electron chi connectivity index (χ4n) is 4.85. The van der Waals surface area contributed by atoms with Gasteiger partial charge in [0, 0.05) is 24.1 Å². The second kappa shape index (κ2) is 10.4. The maximum Gasteiger partial charge on any atom is 0.251 e. The van der Waals surface area contributed by atoms with Crippen molar-refractivity contribution in [2.45, 2.75) is 58.0 Å². The van der Waals surface area contributed by atoms with E-state index >= 15 is 0 Å². The van der Waals surface area contributed by atoms with E-state index in [0.717, 1.165) is 66.2 Å². The number of carbonyl (C=O) groups is 1. The van der Waals surface area contributed by atoms with E-state index in [4.69, 9.17) is 19.8 Å². The normalized spacial score (nSPS) is 17.6. The number of nitrogens with one attached hydrogen (secondary N) is 2. The number of aryl methyl sites for hydroxylation is 2. The van der Waals surface area contributed by atoms with Gasteiger partial charge in [-0.15, -0.1) is 0 Å². The molecule has 8 heteroatoms. The first-order valence-electron chi connectivity index (χ1n) is 12.6. The molecule has 36 heavy (non-hydrogen) atoms. The van der Waals surface area contributed by atoms with Gasteiger partial charge in [-0.1, -0.05) is 31.2 Å². The molecule has 0 aliphatic heterocycles. The molecule has 2 aromatic carbocycles. The van der Waals surface area contributed by atoms with Crippen LogP contribution in [0.5, 0.6) is 5.75 Å². The monoisotopic (exact) mass is 484 g/mol. The molecule has 1 fully saturated rings. The van der Waals surface area contributed by atoms with Crippen LogP contribution in [0.15, 0.2) is 54.6 Å². The quantitative estimate of drug-likeness (QED) is 0.390. The largest absolute Gasteiger partial charge is 0.497 e. The maximum atomic E-state index is 12.7. The van der Waals surface area contributed by atoms with Crippen LogP contribution < -0.4 is 15.4 Å². The second-order valence-electron chi connectivity index (χ2n) is 9.27. The van der Waals surface area contributed by atoms with E-state index in [0.29, 0.717) is 11.3 Å². The molecule has 5 rings (SSSR count). The molecular formula is C28H32N6O2. The molecule has 1 amide bonds. The van der Waals surface area contributed by atoms with Gasteiger partial charge >= 0.3 is 0 Å². The van der Waals surface area contributed by atoms with E-state index in [1.54, 1.807) is 13.2 Å². The predicted octanol–water partition coefficient (Wildman–Crippen LogP) is 4.85. The Labute approximate surface area is 211 Å². The predicted molar refractivity (Wildman–Crippen MR) is 141 cm³/mol. The third kappa shape index (κ3) is 4.89. The third-order valence-corrected chi connectivity index (χ3v) is 6.80. The molecule has 0 bridgehead atoms. The first kappa shape index (κ1) is 23.8. The number of carbonyl (C=O) groups excluding carboxylic acids is 1. The molecule has 1 aliphatic carbocycles. The summed E-state index contributed by atoms with van der Waals surface area (Å²) in [7, 11) is 1.61. The molecule has 4 aromatic rings. The fourth-order valence-corrected chi connectivity index (χ4v) is 4.85. The number of hydrogen-bond donors (Lipinski definition) is 2. The number of fused-ring (bicyclic) bond motifs is 1. The Morgan fingerprint density at radius 3 is 2.50 bits per heavy atom. The van der Waals surface area contributed by atoms with Crippen LogP contribution in [0.2, 0.25) is 0 Å². The van der Waals surface area contributed by atoms with Crippen LogP contribution in [0.1, 0.15) is 54.5 Å². The Morgan fingerprint density at radius 1 is 1.03 bits per heavy atom. The summed E-state index contributed by atoms with van der Waals surface area (Å²) >= 11 is 0. The van der Waals surface area contributed by atoms with Crippen molar-refractivity contribution in [3.63, 3.8) is 0 Å². The summed E-state index contributed by atoms with van der Waals surface area (Å²) in [5.74, 6) is 2.27. The van der Waals surface area contributed by atoms with E-state index in [9.17, 15) is 4.79 Å². The van der Waals surface area contributed by atoms with E-state index in [1.165, 1.54) is 0 Å². The zero-order valence-electron chi connectivity index (χ0n) is 21.0. The number of nitrogens with zero attached hydrogens (tertiary/aromatic N) is 4. The van der Waals surface area contributed by atoms with E-state index in [2.05, 4.69) is 17.6 Å². The Morgan fingerprint density at radius 2 is 1.78 bits per heavy atom. The van der Waals surface area contributed by atoms with Gasteiger partial charge < -0.3 is 15.4 Å². The molecule has 1 saturated carbocycles. The molecule has 2 heterocycles. The number of methoxy groups -OCH3 is 1. The molecular weight excluding hydrogens is 452 g/mol. The Bertz CT molecular complexity index is 1360. The van der Waals surface area contributed by atoms with E-state index < -0.39 is 0 Å². The summed E-state index contributed by atoms with van der Waals surface area (Å²) in [6, 6.07) is 17.8. The van der Waals surface area contributed by atoms with Crippen LogP contribution in [0.4, 0.5) is 5.82 Å². The highest BCUT2D eigenvalue weighted by molar-refractivity contribution is 5.94. The Kier molecular flexibility index (Phi) is 6.84. The van der Waals surface area contributed by atoms with Crippen molar-refractivity contribution in [2.24, 2.45) is 0 Å². The first-order chi connectivity index (χ1) is 17.6. The van der Waals surface area contributed by atoms with E-state index in [1.807, 2.05) is 60.1 Å². The number of para-hydroxylation sites is 1. The fraction of sp³-hybridized carbons (Fsp3) is 0.357. The van der Waals surface area contributed by atoms with Crippen molar-refractivity contribution in [3.05, 3.63) is 71.7 Å². The van der Waals surface area contributed by atoms with Crippen molar-refractivity contribution in [3.8, 4) is 11.4 Å². The van der Waals surface area contributed by atoms with Crippen LogP contribution in [0.3, 0.4) is 0 Å². The van der Waals surface area contributed by atoms with Crippen LogP contribution >= 0.6 is 0 Å². The van der Waals surface area contributed by atoms with Crippen LogP contribution in [-0.2, 0) is 6.42 Å². The number of ether oxygens (including phenoxy) is 1. The molecule has 2 N–H and O–H groups in total. The SMILES string of the molecule is CCc1nc(NC2CCC(NC(=O)c3cccc(OC)c3)CC2)c2c(C)nn(-c3ccccc3)c2n1. The van der Waals surface area contributed by atoms with Crippen LogP contribution in [0.25, 0.3) is 16.7 Å². The lowest BCUT2D eigenvalue weighted by Gasteiger charge is -2.30. The maximum absolute atomic E-state index is 12.7. The van der Waals surface area contributed by atoms with Crippen molar-refractivity contribution in [1.82, 2.24) is 25.1 Å². The standard InChI is InChI=1S/C28H32N6O2/c1-4-24-31-26(25-18(2)33-34(27(25)32-24)22-10-6-5-7-11-22)29-20-13-15-21(16-14-20)30-28(35)19-9-8-12-23(17-19)36-3/h5-12,17,20-21H,4,13-16H2,1-3H3,(H,30,35)(H,29,31,32). The number of aromatic nitrogens is 4. The van der Waals surface area contributed by atoms with Gasteiger partial charge in [-0.2, -0.15) is 5.10 Å². The highest BCUT2D eigenvalue weighted by Gasteiger charge is 2.25. The number of rotatable bonds is 7. The minimum Gasteiger partial charge on any atom is -0.497 e. The minimum absolute atomic E-state index is 0.0562. The van der Waals surface area contributed by atoms with Crippen molar-refractivity contribution in [2.75, 3.05) is 12.4 Å². The molecule has 8 nitrogen and oxygen atoms in total. The van der Waals surface area contributed by atoms with Crippen LogP contribution in [-0.4, -0.2) is 44.8 Å². The molecule has 1 aliphatic rings. The summed E-state index contributed by atoms with van der Waals surface area (Å²) in [4.78, 5) is 22.4. The van der Waals surface area contributed by atoms with Crippen molar-refractivity contribution in [1.29, 1.82) is 0 Å². The van der Waals surface area contributed by atoms with Gasteiger partial charge in [0.15, 0.2) is 5.65 Å². The van der Waals surface area contributed by atoms with Crippen molar-refractivity contribution < 1.29 is 9.53 Å². The zero-order valence-corrected chi connectivity index (χ0v) is 21.0. The second-order valence-corrected chi connectivity index (χ2v) is 9.27. The summed E-state index contributed by atoms with van der Waals surface area (Å²) in [5, 5.41) is 12.6. The van der Waals surface area contributed by atoms with Gasteiger partial charge in [0.2, 0.25) is 0 Å². The lowest BCUT2D eigenvalue weighted by Crippen LogP contribution is -2.40. The van der Waals surface area contributed by atoms with Crippen LogP contribution in [0, 0.1) is 6.92 Å². The lowest BCUT2D eigenvalue weighted by molar-refractivity contribution is 0.0926. The molecule has 186 valence electrons. The molecule has 0 atom stereocenters. The summed E-state index contributed by atoms with van der Waals surface area (Å²) < 4.78 is 7.15. The minimum atomic E-state index is -0.0562. The third-order valence-electron chi connectivity index (χ3n) is 6.80. The highest BCUT2D eigenvalue weighted by atomic mass is 16.5. The van der Waals surface area contributed by atoms with Gasteiger partial charge in [-0.05, 0) is 62.9 Å². The summed E-state index contributed by atoms with van der Waals surface area (Å²) in [5.41, 5.74) is 3.33. The van der Waals surface area contributed by atoms with E-state index in [-0.39, 0.29) is 18.0 Å². The molecule has 2 aromatic heterocycles. The highest BCUT2D eigenvalue weighted by Crippen LogP contribution is 2.29. The Hall–Kier alpha value is -3.94. The van der Waals surface area contributed by atoms with Gasteiger partial charge in [0.1, 0.15) is 17.4 Å². The van der Waals surface area contributed by atoms with Gasteiger partial charge in [-0.3, -0.25) is 4.79 Å². The molecule has 0 spiro atoms. The zero-order chi connectivity index (χ0) is 25.1. The first-order valence-corrected chi connectivity index (χ1v) is 12.6. The number of anilines is 1. The Balaban J connectivity index is 1.30. The van der Waals surface area contributed by atoms with Gasteiger partial charge in [0.25, 0.3) is 5.91 Å². The topological polar surface area (TPSA) is 94.0 Å². The van der Waals surface area contributed by atoms with Gasteiger partial charge in [0.05, 0.1) is 23.9 Å². The smallest absolute Gasteiger partial charge is 0.251 e. The van der Waals surface area contributed by atoms with Crippen molar-refractivity contribution >= 4 is 22.8 Å². The molecule has 0 unspecified atom stereocenters.